The molecule has 29 heavy (non-hydrogen) atoms. The van der Waals surface area contributed by atoms with E-state index in [2.05, 4.69) is 9.88 Å². The van der Waals surface area contributed by atoms with Gasteiger partial charge in [-0.2, -0.15) is 0 Å². The summed E-state index contributed by atoms with van der Waals surface area (Å²) < 4.78 is 37.7. The lowest BCUT2D eigenvalue weighted by Gasteiger charge is -2.15. The lowest BCUT2D eigenvalue weighted by Crippen LogP contribution is -2.25. The van der Waals surface area contributed by atoms with Crippen LogP contribution in [-0.2, 0) is 9.84 Å². The molecule has 3 aromatic rings. The molecule has 156 valence electrons. The van der Waals surface area contributed by atoms with Gasteiger partial charge in [-0.05, 0) is 44.1 Å². The highest BCUT2D eigenvalue weighted by Crippen LogP contribution is 2.35. The summed E-state index contributed by atoms with van der Waals surface area (Å²) in [5.74, 6) is 0.994. The summed E-state index contributed by atoms with van der Waals surface area (Å²) in [4.78, 5) is 5.84. The third-order valence-corrected chi connectivity index (χ3v) is 6.98. The molecule has 1 N–H and O–H groups in total. The van der Waals surface area contributed by atoms with Crippen LogP contribution in [0.3, 0.4) is 0 Å². The topological polar surface area (TPSA) is 71.6 Å². The van der Waals surface area contributed by atoms with Gasteiger partial charge in [0.05, 0.1) is 17.5 Å². The molecule has 0 amide bonds. The molecule has 0 aliphatic carbocycles. The van der Waals surface area contributed by atoms with E-state index in [1.54, 1.807) is 30.3 Å². The summed E-state index contributed by atoms with van der Waals surface area (Å²) in [5, 5.41) is 0.615. The summed E-state index contributed by atoms with van der Waals surface area (Å²) in [7, 11) is -2.27. The summed E-state index contributed by atoms with van der Waals surface area (Å²) in [5.41, 5.74) is 0.692. The zero-order chi connectivity index (χ0) is 19.6. The van der Waals surface area contributed by atoms with Crippen molar-refractivity contribution in [1.29, 1.82) is 0 Å². The number of sulfone groups is 1. The van der Waals surface area contributed by atoms with Crippen LogP contribution in [0.1, 0.15) is 12.8 Å². The van der Waals surface area contributed by atoms with Crippen molar-refractivity contribution in [3.63, 3.8) is 0 Å². The molecule has 6 nitrogen and oxygen atoms in total. The molecule has 0 radical (unpaired) electrons. The Kier molecular flexibility index (Phi) is 6.72. The second-order valence-corrected chi connectivity index (χ2v) is 8.77. The van der Waals surface area contributed by atoms with Crippen molar-refractivity contribution in [2.45, 2.75) is 22.6 Å². The molecule has 1 aliphatic rings. The van der Waals surface area contributed by atoms with E-state index in [0.29, 0.717) is 29.0 Å². The van der Waals surface area contributed by atoms with Gasteiger partial charge in [-0.1, -0.05) is 24.3 Å². The monoisotopic (exact) mass is 436 g/mol. The van der Waals surface area contributed by atoms with E-state index in [0.717, 1.165) is 19.6 Å². The Morgan fingerprint density at radius 1 is 1.00 bits per heavy atom. The zero-order valence-corrected chi connectivity index (χ0v) is 17.9. The van der Waals surface area contributed by atoms with Crippen molar-refractivity contribution >= 4 is 33.1 Å². The number of aromatic amines is 1. The number of H-pyrrole nitrogens is 1. The SMILES string of the molecule is COc1ccccc1S(=O)(=O)c1c[nH]c2c(OCCN3CCCC3)cccc12.Cl. The number of nitrogens with zero attached hydrogens (tertiary/aromatic N) is 1. The van der Waals surface area contributed by atoms with E-state index in [9.17, 15) is 8.42 Å². The fourth-order valence-corrected chi connectivity index (χ4v) is 5.28. The van der Waals surface area contributed by atoms with Crippen LogP contribution < -0.4 is 9.47 Å². The van der Waals surface area contributed by atoms with Crippen molar-refractivity contribution in [1.82, 2.24) is 9.88 Å². The van der Waals surface area contributed by atoms with Crippen LogP contribution in [0.5, 0.6) is 11.5 Å². The van der Waals surface area contributed by atoms with Crippen LogP contribution in [-0.4, -0.2) is 51.7 Å². The van der Waals surface area contributed by atoms with E-state index in [1.165, 1.54) is 26.1 Å². The van der Waals surface area contributed by atoms with E-state index in [-0.39, 0.29) is 22.2 Å². The molecular formula is C21H25ClN2O4S. The first-order valence-electron chi connectivity index (χ1n) is 9.44. The van der Waals surface area contributed by atoms with Crippen molar-refractivity contribution < 1.29 is 17.9 Å². The third-order valence-electron chi connectivity index (χ3n) is 5.15. The van der Waals surface area contributed by atoms with Gasteiger partial charge in [-0.3, -0.25) is 4.90 Å². The highest BCUT2D eigenvalue weighted by Gasteiger charge is 2.25. The molecule has 8 heteroatoms. The number of ether oxygens (including phenoxy) is 2. The average molecular weight is 437 g/mol. The van der Waals surface area contributed by atoms with Gasteiger partial charge in [-0.15, -0.1) is 12.4 Å². The Hall–Kier alpha value is -2.22. The van der Waals surface area contributed by atoms with Gasteiger partial charge in [0.25, 0.3) is 0 Å². The number of nitrogens with one attached hydrogen (secondary N) is 1. The van der Waals surface area contributed by atoms with Crippen LogP contribution in [0, 0.1) is 0 Å². The first-order chi connectivity index (χ1) is 13.6. The molecule has 0 spiro atoms. The highest BCUT2D eigenvalue weighted by atomic mass is 35.5. The Morgan fingerprint density at radius 3 is 2.48 bits per heavy atom. The first kappa shape index (κ1) is 21.5. The standard InChI is InChI=1S/C21H24N2O4S.ClH/c1-26-17-8-2-3-10-19(17)28(24,25)20-15-22-21-16(20)7-6-9-18(21)27-14-13-23-11-4-5-12-23;/h2-3,6-10,15,22H,4-5,11-14H2,1H3;1H. The molecule has 1 fully saturated rings. The fraction of sp³-hybridized carbons (Fsp3) is 0.333. The van der Waals surface area contributed by atoms with Crippen LogP contribution in [0.2, 0.25) is 0 Å². The van der Waals surface area contributed by atoms with Crippen molar-refractivity contribution in [3.8, 4) is 11.5 Å². The molecule has 2 aromatic carbocycles. The quantitative estimate of drug-likeness (QED) is 0.608. The Balaban J connectivity index is 0.00000240. The molecule has 1 saturated heterocycles. The van der Waals surface area contributed by atoms with Crippen molar-refractivity contribution in [2.75, 3.05) is 33.4 Å². The summed E-state index contributed by atoms with van der Waals surface area (Å²) >= 11 is 0. The molecule has 0 atom stereocenters. The van der Waals surface area contributed by atoms with Crippen molar-refractivity contribution in [3.05, 3.63) is 48.7 Å². The van der Waals surface area contributed by atoms with Gasteiger partial charge in [0.15, 0.2) is 0 Å². The Morgan fingerprint density at radius 2 is 1.72 bits per heavy atom. The van der Waals surface area contributed by atoms with E-state index in [4.69, 9.17) is 9.47 Å². The van der Waals surface area contributed by atoms with Crippen LogP contribution in [0.25, 0.3) is 10.9 Å². The van der Waals surface area contributed by atoms with Gasteiger partial charge in [0, 0.05) is 18.1 Å². The molecule has 1 aromatic heterocycles. The summed E-state index contributed by atoms with van der Waals surface area (Å²) in [6.07, 6.45) is 4.02. The van der Waals surface area contributed by atoms with Crippen LogP contribution >= 0.6 is 12.4 Å². The predicted octanol–water partition coefficient (Wildman–Crippen LogP) is 3.91. The maximum absolute atomic E-state index is 13.2. The van der Waals surface area contributed by atoms with E-state index in [1.807, 2.05) is 12.1 Å². The second kappa shape index (κ2) is 9.07. The second-order valence-electron chi connectivity index (χ2n) is 6.88. The number of fused-ring (bicyclic) bond motifs is 1. The maximum atomic E-state index is 13.2. The molecule has 1 aliphatic heterocycles. The van der Waals surface area contributed by atoms with Crippen LogP contribution in [0.15, 0.2) is 58.5 Å². The number of methoxy groups -OCH3 is 1. The Labute approximate surface area is 177 Å². The van der Waals surface area contributed by atoms with Gasteiger partial charge in [0.2, 0.25) is 9.84 Å². The smallest absolute Gasteiger partial charge is 0.212 e. The number of likely N-dealkylation sites (tertiary alicyclic amines) is 1. The number of para-hydroxylation sites is 2. The third kappa shape index (κ3) is 4.22. The van der Waals surface area contributed by atoms with Gasteiger partial charge in [-0.25, -0.2) is 8.42 Å². The number of hydrogen-bond donors (Lipinski definition) is 1. The van der Waals surface area contributed by atoms with Gasteiger partial charge < -0.3 is 14.5 Å². The van der Waals surface area contributed by atoms with Gasteiger partial charge >= 0.3 is 0 Å². The fourth-order valence-electron chi connectivity index (χ4n) is 3.69. The summed E-state index contributed by atoms with van der Waals surface area (Å²) in [6.45, 7) is 3.70. The lowest BCUT2D eigenvalue weighted by molar-refractivity contribution is 0.239. The minimum absolute atomic E-state index is 0. The maximum Gasteiger partial charge on any atom is 0.212 e. The number of benzene rings is 2. The molecule has 0 unspecified atom stereocenters. The normalized spacial score (nSPS) is 14.7. The van der Waals surface area contributed by atoms with Gasteiger partial charge in [0.1, 0.15) is 23.0 Å². The molecule has 0 saturated carbocycles. The number of hydrogen-bond acceptors (Lipinski definition) is 5. The molecule has 4 rings (SSSR count). The lowest BCUT2D eigenvalue weighted by atomic mass is 10.2. The largest absolute Gasteiger partial charge is 0.495 e. The predicted molar refractivity (Wildman–Crippen MR) is 115 cm³/mol. The minimum Gasteiger partial charge on any atom is -0.495 e. The Bertz CT molecular complexity index is 1080. The number of aromatic nitrogens is 1. The first-order valence-corrected chi connectivity index (χ1v) is 10.9. The number of rotatable bonds is 7. The van der Waals surface area contributed by atoms with E-state index >= 15 is 0 Å². The highest BCUT2D eigenvalue weighted by molar-refractivity contribution is 7.91. The summed E-state index contributed by atoms with van der Waals surface area (Å²) in [6, 6.07) is 12.1. The van der Waals surface area contributed by atoms with Crippen LogP contribution in [0.4, 0.5) is 0 Å². The minimum atomic E-state index is -3.74. The zero-order valence-electron chi connectivity index (χ0n) is 16.3. The average Bonchev–Trinajstić information content (AvgIpc) is 3.38. The molecule has 2 heterocycles. The molecular weight excluding hydrogens is 412 g/mol. The van der Waals surface area contributed by atoms with Crippen molar-refractivity contribution in [2.24, 2.45) is 0 Å². The van der Waals surface area contributed by atoms with E-state index < -0.39 is 9.84 Å². The number of halogens is 1. The molecule has 0 bridgehead atoms.